The Morgan fingerprint density at radius 2 is 1.39 bits per heavy atom. The van der Waals surface area contributed by atoms with Crippen molar-refractivity contribution in [3.8, 4) is 28.4 Å². The summed E-state index contributed by atoms with van der Waals surface area (Å²) in [6, 6.07) is 23.0. The summed E-state index contributed by atoms with van der Waals surface area (Å²) in [5.41, 5.74) is 7.78. The molecule has 0 aliphatic rings. The third-order valence-electron chi connectivity index (χ3n) is 7.10. The van der Waals surface area contributed by atoms with E-state index in [2.05, 4.69) is 95.1 Å². The molecule has 1 aromatic heterocycles. The minimum atomic E-state index is -0.213. The Hall–Kier alpha value is -3.53. The van der Waals surface area contributed by atoms with Gasteiger partial charge < -0.3 is 15.0 Å². The molecule has 0 aliphatic carbocycles. The third kappa shape index (κ3) is 5.96. The topological polar surface area (TPSA) is 52.1 Å². The number of hydrogen-bond acceptors (Lipinski definition) is 3. The fourth-order valence-corrected chi connectivity index (χ4v) is 4.79. The van der Waals surface area contributed by atoms with Crippen molar-refractivity contribution in [1.82, 2.24) is 9.97 Å². The van der Waals surface area contributed by atoms with Crippen molar-refractivity contribution in [1.29, 1.82) is 0 Å². The van der Waals surface area contributed by atoms with E-state index >= 15 is 0 Å². The number of aromatic amines is 1. The van der Waals surface area contributed by atoms with Crippen LogP contribution in [0.5, 0.6) is 5.75 Å². The van der Waals surface area contributed by atoms with Crippen LogP contribution in [0, 0.1) is 7.05 Å². The molecule has 1 heterocycles. The molecule has 0 bridgehead atoms. The standard InChI is InChI=1S/C34H41N3O/c1-9-37(8)26-18-16-24(17-19-26)30-29(20-15-23-13-11-10-12-14-23)35-32(36-30)25-21-27(33(2,3)4)31(38)28(22-25)34(5,6)7/h8,10-14,16-19,21-22,38H,9,15,20H2,1-7H3,(H,35,36). The second-order valence-corrected chi connectivity index (χ2v) is 12.2. The molecule has 0 spiro atoms. The van der Waals surface area contributed by atoms with E-state index in [0.717, 1.165) is 64.5 Å². The van der Waals surface area contributed by atoms with Crippen LogP contribution in [0.25, 0.3) is 22.6 Å². The van der Waals surface area contributed by atoms with E-state index in [4.69, 9.17) is 12.0 Å². The minimum Gasteiger partial charge on any atom is -0.507 e. The molecule has 4 rings (SSSR count). The highest BCUT2D eigenvalue weighted by Gasteiger charge is 2.27. The summed E-state index contributed by atoms with van der Waals surface area (Å²) < 4.78 is 0. The number of aromatic nitrogens is 2. The number of H-pyrrole nitrogens is 1. The van der Waals surface area contributed by atoms with Gasteiger partial charge in [0.1, 0.15) is 11.6 Å². The summed E-state index contributed by atoms with van der Waals surface area (Å²) in [5.74, 6) is 1.19. The molecule has 4 heteroatoms. The molecule has 0 amide bonds. The van der Waals surface area contributed by atoms with Crippen molar-refractivity contribution < 1.29 is 5.11 Å². The van der Waals surface area contributed by atoms with E-state index < -0.39 is 0 Å². The molecule has 4 aromatic rings. The third-order valence-corrected chi connectivity index (χ3v) is 7.10. The van der Waals surface area contributed by atoms with Gasteiger partial charge >= 0.3 is 0 Å². The summed E-state index contributed by atoms with van der Waals surface area (Å²) in [4.78, 5) is 10.5. The van der Waals surface area contributed by atoms with Crippen LogP contribution in [0.4, 0.5) is 5.69 Å². The summed E-state index contributed by atoms with van der Waals surface area (Å²) in [6.45, 7) is 15.6. The molecule has 2 radical (unpaired) electrons. The number of rotatable bonds is 7. The van der Waals surface area contributed by atoms with Gasteiger partial charge in [0.05, 0.1) is 12.7 Å². The fraction of sp³-hybridized carbons (Fsp3) is 0.353. The predicted octanol–water partition coefficient (Wildman–Crippen LogP) is 8.32. The van der Waals surface area contributed by atoms with Gasteiger partial charge in [0.25, 0.3) is 0 Å². The van der Waals surface area contributed by atoms with Gasteiger partial charge in [-0.3, -0.25) is 0 Å². The van der Waals surface area contributed by atoms with Gasteiger partial charge in [-0.15, -0.1) is 0 Å². The number of nitrogens with zero attached hydrogens (tertiary/aromatic N) is 2. The number of imidazole rings is 1. The second kappa shape index (κ2) is 10.7. The number of phenolic OH excluding ortho intramolecular Hbond substituents is 1. The van der Waals surface area contributed by atoms with Gasteiger partial charge in [0.15, 0.2) is 0 Å². The van der Waals surface area contributed by atoms with Crippen molar-refractivity contribution in [2.24, 2.45) is 0 Å². The maximum absolute atomic E-state index is 11.2. The zero-order valence-corrected chi connectivity index (χ0v) is 23.9. The summed E-state index contributed by atoms with van der Waals surface area (Å²) >= 11 is 0. The van der Waals surface area contributed by atoms with Crippen molar-refractivity contribution in [3.63, 3.8) is 0 Å². The zero-order chi connectivity index (χ0) is 27.7. The summed E-state index contributed by atoms with van der Waals surface area (Å²) in [6.07, 6.45) is 1.75. The lowest BCUT2D eigenvalue weighted by atomic mass is 9.78. The highest BCUT2D eigenvalue weighted by molar-refractivity contribution is 5.71. The summed E-state index contributed by atoms with van der Waals surface area (Å²) in [5, 5.41) is 11.2. The quantitative estimate of drug-likeness (QED) is 0.247. The summed E-state index contributed by atoms with van der Waals surface area (Å²) in [7, 11) is 6.11. The first kappa shape index (κ1) is 27.5. The van der Waals surface area contributed by atoms with Gasteiger partial charge in [-0.05, 0) is 60.4 Å². The smallest absolute Gasteiger partial charge is 0.138 e. The Kier molecular flexibility index (Phi) is 7.73. The van der Waals surface area contributed by atoms with Crippen LogP contribution < -0.4 is 4.90 Å². The molecule has 3 aromatic carbocycles. The Balaban J connectivity index is 1.83. The number of aromatic hydroxyl groups is 1. The van der Waals surface area contributed by atoms with Crippen LogP contribution in [0.3, 0.4) is 0 Å². The number of hydrogen-bond donors (Lipinski definition) is 2. The molecule has 0 fully saturated rings. The molecule has 0 atom stereocenters. The molecule has 2 N–H and O–H groups in total. The van der Waals surface area contributed by atoms with Crippen molar-refractivity contribution in [2.75, 3.05) is 11.4 Å². The van der Waals surface area contributed by atoms with E-state index in [1.54, 1.807) is 4.90 Å². The van der Waals surface area contributed by atoms with Crippen molar-refractivity contribution in [3.05, 3.63) is 96.2 Å². The van der Waals surface area contributed by atoms with Crippen LogP contribution in [-0.4, -0.2) is 21.6 Å². The number of aryl methyl sites for hydroxylation is 2. The Morgan fingerprint density at radius 1 is 0.816 bits per heavy atom. The van der Waals surface area contributed by atoms with E-state index in [0.29, 0.717) is 5.75 Å². The normalized spacial score (nSPS) is 12.1. The minimum absolute atomic E-state index is 0.213. The van der Waals surface area contributed by atoms with Crippen LogP contribution in [0.2, 0.25) is 0 Å². The molecular weight excluding hydrogens is 466 g/mol. The maximum Gasteiger partial charge on any atom is 0.138 e. The lowest BCUT2D eigenvalue weighted by Crippen LogP contribution is -2.17. The van der Waals surface area contributed by atoms with Crippen molar-refractivity contribution in [2.45, 2.75) is 72.1 Å². The monoisotopic (exact) mass is 507 g/mol. The first-order valence-electron chi connectivity index (χ1n) is 13.5. The zero-order valence-electron chi connectivity index (χ0n) is 23.9. The molecular formula is C34H41N3O. The van der Waals surface area contributed by atoms with Crippen LogP contribution >= 0.6 is 0 Å². The van der Waals surface area contributed by atoms with Crippen LogP contribution in [-0.2, 0) is 23.7 Å². The lowest BCUT2D eigenvalue weighted by Gasteiger charge is -2.28. The molecule has 198 valence electrons. The Morgan fingerprint density at radius 3 is 1.92 bits per heavy atom. The molecule has 0 aliphatic heterocycles. The molecule has 0 unspecified atom stereocenters. The van der Waals surface area contributed by atoms with Gasteiger partial charge in [0.2, 0.25) is 0 Å². The van der Waals surface area contributed by atoms with E-state index in [9.17, 15) is 5.11 Å². The van der Waals surface area contributed by atoms with Crippen molar-refractivity contribution >= 4 is 5.69 Å². The fourth-order valence-electron chi connectivity index (χ4n) is 4.79. The first-order chi connectivity index (χ1) is 17.9. The first-order valence-corrected chi connectivity index (χ1v) is 13.5. The van der Waals surface area contributed by atoms with Gasteiger partial charge in [-0.1, -0.05) is 84.0 Å². The van der Waals surface area contributed by atoms with Gasteiger partial charge in [-0.25, -0.2) is 4.98 Å². The predicted molar refractivity (Wildman–Crippen MR) is 160 cm³/mol. The number of phenols is 1. The number of anilines is 1. The highest BCUT2D eigenvalue weighted by Crippen LogP contribution is 2.42. The van der Waals surface area contributed by atoms with E-state index in [1.165, 1.54) is 5.56 Å². The Bertz CT molecular complexity index is 1340. The van der Waals surface area contributed by atoms with Gasteiger partial charge in [0, 0.05) is 40.2 Å². The highest BCUT2D eigenvalue weighted by atomic mass is 16.3. The average Bonchev–Trinajstić information content (AvgIpc) is 3.30. The number of nitrogens with one attached hydrogen (secondary N) is 1. The molecule has 38 heavy (non-hydrogen) atoms. The lowest BCUT2D eigenvalue weighted by molar-refractivity contribution is 0.423. The largest absolute Gasteiger partial charge is 0.507 e. The Labute approximate surface area is 228 Å². The SMILES string of the molecule is [CH]N(CC)c1ccc(-c2nc(-c3cc(C(C)(C)C)c(O)c(C(C)(C)C)c3)[nH]c2CCc2ccccc2)cc1. The van der Waals surface area contributed by atoms with Gasteiger partial charge in [-0.2, -0.15) is 0 Å². The van der Waals surface area contributed by atoms with Crippen LogP contribution in [0.1, 0.15) is 70.9 Å². The molecule has 0 saturated heterocycles. The van der Waals surface area contributed by atoms with E-state index in [-0.39, 0.29) is 10.8 Å². The second-order valence-electron chi connectivity index (χ2n) is 12.2. The van der Waals surface area contributed by atoms with E-state index in [1.807, 2.05) is 25.1 Å². The number of benzene rings is 3. The molecule has 0 saturated carbocycles. The van der Waals surface area contributed by atoms with Crippen LogP contribution in [0.15, 0.2) is 66.7 Å². The maximum atomic E-state index is 11.2. The average molecular weight is 508 g/mol. The molecule has 4 nitrogen and oxygen atoms in total.